The lowest BCUT2D eigenvalue weighted by atomic mass is 10.1. The van der Waals surface area contributed by atoms with Crippen molar-refractivity contribution in [1.29, 1.82) is 0 Å². The molecular formula is C12H13N3O. The Bertz CT molecular complexity index is 511. The molecule has 2 N–H and O–H groups in total. The summed E-state index contributed by atoms with van der Waals surface area (Å²) in [7, 11) is 0. The lowest BCUT2D eigenvalue weighted by Gasteiger charge is -2.06. The monoisotopic (exact) mass is 215 g/mol. The van der Waals surface area contributed by atoms with Crippen molar-refractivity contribution in [3.05, 3.63) is 41.6 Å². The molecule has 1 heterocycles. The third-order valence-corrected chi connectivity index (χ3v) is 2.35. The Hall–Kier alpha value is -2.10. The van der Waals surface area contributed by atoms with Crippen LogP contribution < -0.4 is 10.5 Å². The summed E-state index contributed by atoms with van der Waals surface area (Å²) in [5.41, 5.74) is 7.88. The number of aryl methyl sites for hydroxylation is 2. The first kappa shape index (κ1) is 10.4. The van der Waals surface area contributed by atoms with E-state index in [-0.39, 0.29) is 5.95 Å². The van der Waals surface area contributed by atoms with Gasteiger partial charge in [-0.1, -0.05) is 6.07 Å². The Morgan fingerprint density at radius 1 is 1.12 bits per heavy atom. The molecule has 4 nitrogen and oxygen atoms in total. The number of hydrogen-bond donors (Lipinski definition) is 1. The minimum atomic E-state index is 0.210. The van der Waals surface area contributed by atoms with Gasteiger partial charge in [0.25, 0.3) is 0 Å². The van der Waals surface area contributed by atoms with Crippen LogP contribution >= 0.6 is 0 Å². The molecule has 0 atom stereocenters. The lowest BCUT2D eigenvalue weighted by Crippen LogP contribution is -1.96. The van der Waals surface area contributed by atoms with Crippen LogP contribution in [0.15, 0.2) is 30.5 Å². The summed E-state index contributed by atoms with van der Waals surface area (Å²) in [5.74, 6) is 1.42. The van der Waals surface area contributed by atoms with Gasteiger partial charge in [0.1, 0.15) is 5.75 Å². The Morgan fingerprint density at radius 2 is 1.94 bits per heavy atom. The second-order valence-electron chi connectivity index (χ2n) is 3.60. The van der Waals surface area contributed by atoms with Gasteiger partial charge in [0, 0.05) is 12.3 Å². The molecular weight excluding hydrogens is 202 g/mol. The van der Waals surface area contributed by atoms with Crippen LogP contribution in [0.2, 0.25) is 0 Å². The Kier molecular flexibility index (Phi) is 2.72. The van der Waals surface area contributed by atoms with E-state index >= 15 is 0 Å². The average Bonchev–Trinajstić information content (AvgIpc) is 2.24. The van der Waals surface area contributed by atoms with Crippen LogP contribution in [0, 0.1) is 13.8 Å². The summed E-state index contributed by atoms with van der Waals surface area (Å²) in [4.78, 5) is 7.76. The molecule has 82 valence electrons. The maximum absolute atomic E-state index is 5.56. The number of rotatable bonds is 2. The van der Waals surface area contributed by atoms with E-state index in [0.717, 1.165) is 5.75 Å². The number of anilines is 1. The Balaban J connectivity index is 2.24. The minimum absolute atomic E-state index is 0.210. The molecule has 1 aromatic heterocycles. The van der Waals surface area contributed by atoms with Crippen molar-refractivity contribution < 1.29 is 4.74 Å². The van der Waals surface area contributed by atoms with Crippen molar-refractivity contribution in [2.75, 3.05) is 5.73 Å². The molecule has 0 bridgehead atoms. The van der Waals surface area contributed by atoms with Crippen LogP contribution in [-0.4, -0.2) is 9.97 Å². The van der Waals surface area contributed by atoms with Gasteiger partial charge < -0.3 is 10.5 Å². The van der Waals surface area contributed by atoms with E-state index < -0.39 is 0 Å². The van der Waals surface area contributed by atoms with Crippen LogP contribution in [0.5, 0.6) is 11.6 Å². The second-order valence-corrected chi connectivity index (χ2v) is 3.60. The quantitative estimate of drug-likeness (QED) is 0.835. The molecule has 4 heteroatoms. The highest BCUT2D eigenvalue weighted by Crippen LogP contribution is 2.21. The largest absolute Gasteiger partial charge is 0.439 e. The number of nitrogens with two attached hydrogens (primary N) is 1. The van der Waals surface area contributed by atoms with E-state index in [1.165, 1.54) is 11.1 Å². The summed E-state index contributed by atoms with van der Waals surface area (Å²) >= 11 is 0. The molecule has 0 aliphatic rings. The highest BCUT2D eigenvalue weighted by molar-refractivity contribution is 5.36. The summed E-state index contributed by atoms with van der Waals surface area (Å²) in [6.07, 6.45) is 1.57. The second kappa shape index (κ2) is 4.18. The molecule has 2 rings (SSSR count). The van der Waals surface area contributed by atoms with Crippen molar-refractivity contribution in [3.63, 3.8) is 0 Å². The van der Waals surface area contributed by atoms with E-state index in [2.05, 4.69) is 16.9 Å². The molecule has 0 spiro atoms. The topological polar surface area (TPSA) is 61.0 Å². The predicted octanol–water partition coefficient (Wildman–Crippen LogP) is 2.47. The molecule has 0 saturated heterocycles. The summed E-state index contributed by atoms with van der Waals surface area (Å²) in [6.45, 7) is 4.10. The fourth-order valence-corrected chi connectivity index (χ4v) is 1.31. The molecule has 0 aliphatic heterocycles. The highest BCUT2D eigenvalue weighted by atomic mass is 16.5. The fourth-order valence-electron chi connectivity index (χ4n) is 1.31. The first-order valence-corrected chi connectivity index (χ1v) is 4.99. The van der Waals surface area contributed by atoms with Crippen LogP contribution in [0.3, 0.4) is 0 Å². The number of nitrogens with zero attached hydrogens (tertiary/aromatic N) is 2. The van der Waals surface area contributed by atoms with E-state index in [1.807, 2.05) is 25.1 Å². The zero-order valence-electron chi connectivity index (χ0n) is 9.27. The first-order chi connectivity index (χ1) is 7.65. The van der Waals surface area contributed by atoms with Crippen molar-refractivity contribution in [1.82, 2.24) is 9.97 Å². The van der Waals surface area contributed by atoms with Gasteiger partial charge >= 0.3 is 0 Å². The highest BCUT2D eigenvalue weighted by Gasteiger charge is 2.01. The van der Waals surface area contributed by atoms with E-state index in [9.17, 15) is 0 Å². The zero-order chi connectivity index (χ0) is 11.5. The fraction of sp³-hybridized carbons (Fsp3) is 0.167. The SMILES string of the molecule is Cc1ccc(Oc2ccnc(N)n2)cc1C. The first-order valence-electron chi connectivity index (χ1n) is 4.99. The summed E-state index contributed by atoms with van der Waals surface area (Å²) in [6, 6.07) is 7.55. The standard InChI is InChI=1S/C12H13N3O/c1-8-3-4-10(7-9(8)2)16-11-5-6-14-12(13)15-11/h3-7H,1-2H3,(H2,13,14,15). The summed E-state index contributed by atoms with van der Waals surface area (Å²) < 4.78 is 5.56. The van der Waals surface area contributed by atoms with Crippen LogP contribution in [-0.2, 0) is 0 Å². The zero-order valence-corrected chi connectivity index (χ0v) is 9.27. The lowest BCUT2D eigenvalue weighted by molar-refractivity contribution is 0.462. The maximum Gasteiger partial charge on any atom is 0.224 e. The number of aromatic nitrogens is 2. The van der Waals surface area contributed by atoms with Gasteiger partial charge in [0.15, 0.2) is 0 Å². The molecule has 0 amide bonds. The minimum Gasteiger partial charge on any atom is -0.439 e. The molecule has 16 heavy (non-hydrogen) atoms. The molecule has 0 saturated carbocycles. The van der Waals surface area contributed by atoms with Crippen molar-refractivity contribution in [2.24, 2.45) is 0 Å². The van der Waals surface area contributed by atoms with E-state index in [0.29, 0.717) is 5.88 Å². The van der Waals surface area contributed by atoms with Crippen LogP contribution in [0.1, 0.15) is 11.1 Å². The maximum atomic E-state index is 5.56. The van der Waals surface area contributed by atoms with Gasteiger partial charge in [-0.15, -0.1) is 0 Å². The van der Waals surface area contributed by atoms with Gasteiger partial charge in [-0.2, -0.15) is 4.98 Å². The third kappa shape index (κ3) is 2.28. The van der Waals surface area contributed by atoms with Crippen molar-refractivity contribution >= 4 is 5.95 Å². The normalized spacial score (nSPS) is 10.1. The van der Waals surface area contributed by atoms with Gasteiger partial charge in [0.05, 0.1) is 0 Å². The molecule has 2 aromatic rings. The van der Waals surface area contributed by atoms with Crippen molar-refractivity contribution in [2.45, 2.75) is 13.8 Å². The Morgan fingerprint density at radius 3 is 2.62 bits per heavy atom. The van der Waals surface area contributed by atoms with Gasteiger partial charge in [-0.3, -0.25) is 0 Å². The summed E-state index contributed by atoms with van der Waals surface area (Å²) in [5, 5.41) is 0. The van der Waals surface area contributed by atoms with E-state index in [4.69, 9.17) is 10.5 Å². The molecule has 0 aliphatic carbocycles. The van der Waals surface area contributed by atoms with E-state index in [1.54, 1.807) is 12.3 Å². The molecule has 0 unspecified atom stereocenters. The van der Waals surface area contributed by atoms with Crippen molar-refractivity contribution in [3.8, 4) is 11.6 Å². The van der Waals surface area contributed by atoms with Gasteiger partial charge in [-0.25, -0.2) is 4.98 Å². The smallest absolute Gasteiger partial charge is 0.224 e. The number of benzene rings is 1. The number of hydrogen-bond acceptors (Lipinski definition) is 4. The van der Waals surface area contributed by atoms with Gasteiger partial charge in [0.2, 0.25) is 11.8 Å². The predicted molar refractivity (Wildman–Crippen MR) is 62.4 cm³/mol. The van der Waals surface area contributed by atoms with Crippen LogP contribution in [0.4, 0.5) is 5.95 Å². The molecule has 0 fully saturated rings. The Labute approximate surface area is 94.1 Å². The third-order valence-electron chi connectivity index (χ3n) is 2.35. The van der Waals surface area contributed by atoms with Crippen LogP contribution in [0.25, 0.3) is 0 Å². The van der Waals surface area contributed by atoms with Gasteiger partial charge in [-0.05, 0) is 37.1 Å². The molecule has 1 aromatic carbocycles. The average molecular weight is 215 g/mol. The number of ether oxygens (including phenoxy) is 1. The molecule has 0 radical (unpaired) electrons. The number of nitrogen functional groups attached to an aromatic ring is 1.